The van der Waals surface area contributed by atoms with Gasteiger partial charge in [-0.25, -0.2) is 14.8 Å². The van der Waals surface area contributed by atoms with Crippen LogP contribution in [0.2, 0.25) is 0 Å². The summed E-state index contributed by atoms with van der Waals surface area (Å²) in [5.74, 6) is 0.0407. The molecule has 11 heteroatoms. The van der Waals surface area contributed by atoms with Crippen LogP contribution in [0.15, 0.2) is 47.6 Å². The predicted octanol–water partition coefficient (Wildman–Crippen LogP) is 4.93. The quantitative estimate of drug-likeness (QED) is 0.388. The molecular weight excluding hydrogens is 429 g/mol. The van der Waals surface area contributed by atoms with E-state index >= 15 is 0 Å². The Bertz CT molecular complexity index is 1280. The second-order valence-electron chi connectivity index (χ2n) is 6.64. The fraction of sp³-hybridized carbons (Fsp3) is 0.238. The van der Waals surface area contributed by atoms with Crippen molar-refractivity contribution in [1.29, 1.82) is 0 Å². The van der Waals surface area contributed by atoms with E-state index in [2.05, 4.69) is 19.6 Å². The van der Waals surface area contributed by atoms with Crippen LogP contribution in [0.4, 0.5) is 13.2 Å². The Balaban J connectivity index is 1.70. The third-order valence-corrected chi connectivity index (χ3v) is 4.68. The second kappa shape index (κ2) is 8.33. The lowest BCUT2D eigenvalue weighted by molar-refractivity contribution is -0.142. The first kappa shape index (κ1) is 21.3. The van der Waals surface area contributed by atoms with Crippen molar-refractivity contribution >= 4 is 11.6 Å². The summed E-state index contributed by atoms with van der Waals surface area (Å²) in [6.45, 7) is 3.87. The fourth-order valence-corrected chi connectivity index (χ4v) is 3.24. The van der Waals surface area contributed by atoms with Crippen molar-refractivity contribution in [3.05, 3.63) is 59.9 Å². The number of alkyl halides is 3. The zero-order valence-corrected chi connectivity index (χ0v) is 17.0. The number of hydrogen-bond acceptors (Lipinski definition) is 7. The average Bonchev–Trinajstić information content (AvgIpc) is 3.41. The molecule has 4 rings (SSSR count). The lowest BCUT2D eigenvalue weighted by Gasteiger charge is -2.11. The van der Waals surface area contributed by atoms with Crippen molar-refractivity contribution in [1.82, 2.24) is 19.5 Å². The van der Waals surface area contributed by atoms with Gasteiger partial charge >= 0.3 is 12.1 Å². The van der Waals surface area contributed by atoms with Gasteiger partial charge < -0.3 is 14.0 Å². The van der Waals surface area contributed by atoms with Crippen molar-refractivity contribution in [2.24, 2.45) is 0 Å². The van der Waals surface area contributed by atoms with Crippen LogP contribution in [0.5, 0.6) is 11.6 Å². The Hall–Kier alpha value is -3.89. The predicted molar refractivity (Wildman–Crippen MR) is 105 cm³/mol. The summed E-state index contributed by atoms with van der Waals surface area (Å²) in [5, 5.41) is 3.07. The number of nitrogens with zero attached hydrogens (tertiary/aromatic N) is 4. The molecule has 1 aromatic carbocycles. The number of aromatic nitrogens is 4. The monoisotopic (exact) mass is 446 g/mol. The topological polar surface area (TPSA) is 91.8 Å². The molecule has 32 heavy (non-hydrogen) atoms. The molecule has 3 heterocycles. The SMILES string of the molecule is CCOC(=O)c1ccc(Oc2nccn3c(-c4conc4C(F)(F)F)cnc23)cc1CC. The summed E-state index contributed by atoms with van der Waals surface area (Å²) < 4.78 is 56.5. The van der Waals surface area contributed by atoms with Gasteiger partial charge in [0.1, 0.15) is 12.0 Å². The first-order chi connectivity index (χ1) is 15.3. The van der Waals surface area contributed by atoms with Gasteiger partial charge in [0.25, 0.3) is 5.88 Å². The second-order valence-corrected chi connectivity index (χ2v) is 6.64. The molecule has 0 N–H and O–H groups in total. The number of rotatable bonds is 6. The zero-order chi connectivity index (χ0) is 22.9. The fourth-order valence-electron chi connectivity index (χ4n) is 3.24. The molecule has 4 aromatic rings. The Morgan fingerprint density at radius 3 is 2.75 bits per heavy atom. The van der Waals surface area contributed by atoms with Crippen molar-refractivity contribution in [3.8, 4) is 22.9 Å². The highest BCUT2D eigenvalue weighted by Gasteiger charge is 2.38. The summed E-state index contributed by atoms with van der Waals surface area (Å²) in [6.07, 6.45) is 0.878. The molecule has 0 amide bonds. The number of halogens is 3. The normalized spacial score (nSPS) is 11.7. The number of imidazole rings is 1. The van der Waals surface area contributed by atoms with E-state index in [4.69, 9.17) is 9.47 Å². The third-order valence-electron chi connectivity index (χ3n) is 4.68. The van der Waals surface area contributed by atoms with Crippen LogP contribution in [0, 0.1) is 0 Å². The first-order valence-electron chi connectivity index (χ1n) is 9.65. The van der Waals surface area contributed by atoms with Crippen molar-refractivity contribution in [2.45, 2.75) is 26.4 Å². The summed E-state index contributed by atoms with van der Waals surface area (Å²) in [4.78, 5) is 20.4. The maximum absolute atomic E-state index is 13.2. The van der Waals surface area contributed by atoms with Gasteiger partial charge in [0.2, 0.25) is 5.65 Å². The standard InChI is InChI=1S/C21H17F3N4O4/c1-3-12-9-13(5-6-14(12)20(29)30-4-2)32-19-18-26-10-16(28(18)8-7-25-19)15-11-31-27-17(15)21(22,23)24/h5-11H,3-4H2,1-2H3. The van der Waals surface area contributed by atoms with E-state index in [1.807, 2.05) is 6.92 Å². The van der Waals surface area contributed by atoms with E-state index in [0.29, 0.717) is 17.7 Å². The molecule has 0 fully saturated rings. The maximum Gasteiger partial charge on any atom is 0.437 e. The van der Waals surface area contributed by atoms with Gasteiger partial charge in [-0.15, -0.1) is 0 Å². The molecular formula is C21H17F3N4O4. The lowest BCUT2D eigenvalue weighted by atomic mass is 10.1. The largest absolute Gasteiger partial charge is 0.462 e. The van der Waals surface area contributed by atoms with E-state index in [9.17, 15) is 18.0 Å². The molecule has 0 radical (unpaired) electrons. The summed E-state index contributed by atoms with van der Waals surface area (Å²) in [6, 6.07) is 4.86. The van der Waals surface area contributed by atoms with Gasteiger partial charge in [-0.05, 0) is 37.1 Å². The molecule has 0 atom stereocenters. The average molecular weight is 446 g/mol. The Morgan fingerprint density at radius 2 is 2.03 bits per heavy atom. The minimum Gasteiger partial charge on any atom is -0.462 e. The molecule has 0 spiro atoms. The van der Waals surface area contributed by atoms with E-state index in [1.54, 1.807) is 25.1 Å². The van der Waals surface area contributed by atoms with Crippen molar-refractivity contribution in [2.75, 3.05) is 6.61 Å². The summed E-state index contributed by atoms with van der Waals surface area (Å²) in [5.41, 5.74) is 0.0614. The third kappa shape index (κ3) is 3.88. The molecule has 3 aromatic heterocycles. The maximum atomic E-state index is 13.2. The molecule has 8 nitrogen and oxygen atoms in total. The summed E-state index contributed by atoms with van der Waals surface area (Å²) in [7, 11) is 0. The van der Waals surface area contributed by atoms with Crippen LogP contribution in [-0.4, -0.2) is 32.1 Å². The van der Waals surface area contributed by atoms with E-state index in [1.165, 1.54) is 23.0 Å². The summed E-state index contributed by atoms with van der Waals surface area (Å²) >= 11 is 0. The van der Waals surface area contributed by atoms with E-state index < -0.39 is 17.8 Å². The zero-order valence-electron chi connectivity index (χ0n) is 17.0. The number of carbonyl (C=O) groups excluding carboxylic acids is 1. The van der Waals surface area contributed by atoms with Crippen LogP contribution >= 0.6 is 0 Å². The first-order valence-corrected chi connectivity index (χ1v) is 9.65. The minimum atomic E-state index is -4.68. The highest BCUT2D eigenvalue weighted by molar-refractivity contribution is 5.91. The molecule has 0 aliphatic carbocycles. The number of carbonyl (C=O) groups is 1. The number of fused-ring (bicyclic) bond motifs is 1. The van der Waals surface area contributed by atoms with Crippen molar-refractivity contribution < 1.29 is 32.0 Å². The molecule has 0 aliphatic heterocycles. The number of hydrogen-bond donors (Lipinski definition) is 0. The van der Waals surface area contributed by atoms with Gasteiger partial charge in [-0.1, -0.05) is 12.1 Å². The highest BCUT2D eigenvalue weighted by atomic mass is 19.4. The number of aryl methyl sites for hydroxylation is 1. The number of ether oxygens (including phenoxy) is 2. The number of benzene rings is 1. The highest BCUT2D eigenvalue weighted by Crippen LogP contribution is 2.37. The van der Waals surface area contributed by atoms with Crippen LogP contribution in [0.1, 0.15) is 35.5 Å². The lowest BCUT2D eigenvalue weighted by Crippen LogP contribution is -2.08. The van der Waals surface area contributed by atoms with Crippen LogP contribution in [0.25, 0.3) is 16.9 Å². The van der Waals surface area contributed by atoms with Gasteiger partial charge in [0, 0.05) is 12.4 Å². The molecule has 166 valence electrons. The van der Waals surface area contributed by atoms with Gasteiger partial charge in [-0.2, -0.15) is 13.2 Å². The Labute approximate surface area is 179 Å². The van der Waals surface area contributed by atoms with Crippen LogP contribution < -0.4 is 4.74 Å². The minimum absolute atomic E-state index is 0.0784. The van der Waals surface area contributed by atoms with E-state index in [-0.39, 0.29) is 29.4 Å². The van der Waals surface area contributed by atoms with Gasteiger partial charge in [0.05, 0.1) is 29.6 Å². The smallest absolute Gasteiger partial charge is 0.437 e. The van der Waals surface area contributed by atoms with E-state index in [0.717, 1.165) is 11.8 Å². The van der Waals surface area contributed by atoms with Gasteiger partial charge in [-0.3, -0.25) is 4.40 Å². The molecule has 0 saturated heterocycles. The van der Waals surface area contributed by atoms with Gasteiger partial charge in [0.15, 0.2) is 5.69 Å². The molecule has 0 saturated carbocycles. The molecule has 0 bridgehead atoms. The van der Waals surface area contributed by atoms with Crippen LogP contribution in [-0.2, 0) is 17.3 Å². The van der Waals surface area contributed by atoms with Crippen molar-refractivity contribution in [3.63, 3.8) is 0 Å². The van der Waals surface area contributed by atoms with Crippen LogP contribution in [0.3, 0.4) is 0 Å². The molecule has 0 aliphatic rings. The number of esters is 1. The Kier molecular flexibility index (Phi) is 5.56. The molecule has 0 unspecified atom stereocenters. The Morgan fingerprint density at radius 1 is 1.22 bits per heavy atom.